The number of unbranched alkanes of at least 4 members (excludes halogenated alkanes) is 1. The molecule has 1 aromatic heterocycles. The van der Waals surface area contributed by atoms with Crippen molar-refractivity contribution in [2.24, 2.45) is 0 Å². The molecule has 0 atom stereocenters. The van der Waals surface area contributed by atoms with Crippen molar-refractivity contribution in [3.8, 4) is 22.9 Å². The summed E-state index contributed by atoms with van der Waals surface area (Å²) in [6, 6.07) is 20.2. The summed E-state index contributed by atoms with van der Waals surface area (Å²) < 4.78 is 1.86. The summed E-state index contributed by atoms with van der Waals surface area (Å²) in [5.74, 6) is 0. The zero-order valence-corrected chi connectivity index (χ0v) is 18.9. The SMILES string of the molecule is CCCCc1cc(C)c(CNC(C)C)c(=O)n1-c1ccccc1-c1ccccc1C#N. The van der Waals surface area contributed by atoms with Crippen LogP contribution in [0.3, 0.4) is 0 Å². The fraction of sp³-hybridized carbons (Fsp3) is 0.333. The van der Waals surface area contributed by atoms with Crippen LogP contribution in [0, 0.1) is 18.3 Å². The lowest BCUT2D eigenvalue weighted by Gasteiger charge is -2.20. The van der Waals surface area contributed by atoms with Crippen LogP contribution in [0.25, 0.3) is 16.8 Å². The molecule has 0 radical (unpaired) electrons. The summed E-state index contributed by atoms with van der Waals surface area (Å²) in [7, 11) is 0. The lowest BCUT2D eigenvalue weighted by molar-refractivity contribution is 0.581. The lowest BCUT2D eigenvalue weighted by Crippen LogP contribution is -2.32. The van der Waals surface area contributed by atoms with Crippen LogP contribution >= 0.6 is 0 Å². The van der Waals surface area contributed by atoms with E-state index in [9.17, 15) is 10.1 Å². The normalized spacial score (nSPS) is 11.0. The van der Waals surface area contributed by atoms with Crippen LogP contribution in [-0.4, -0.2) is 10.6 Å². The molecule has 0 aliphatic heterocycles. The molecule has 2 aromatic carbocycles. The lowest BCUT2D eigenvalue weighted by atomic mass is 9.97. The second kappa shape index (κ2) is 10.2. The van der Waals surface area contributed by atoms with Crippen LogP contribution < -0.4 is 10.9 Å². The standard InChI is InChI=1S/C27H31N3O/c1-5-6-12-22-16-20(4)25(18-29-19(2)3)27(31)30(22)26-15-10-9-14-24(26)23-13-8-7-11-21(23)17-28/h7-11,13-16,19,29H,5-6,12,18H2,1-4H3. The third-order valence-electron chi connectivity index (χ3n) is 5.56. The van der Waals surface area contributed by atoms with Gasteiger partial charge in [0.15, 0.2) is 0 Å². The number of pyridine rings is 1. The summed E-state index contributed by atoms with van der Waals surface area (Å²) in [6.07, 6.45) is 2.90. The van der Waals surface area contributed by atoms with Gasteiger partial charge in [0.1, 0.15) is 0 Å². The van der Waals surface area contributed by atoms with Gasteiger partial charge in [0, 0.05) is 35.0 Å². The average molecular weight is 414 g/mol. The van der Waals surface area contributed by atoms with Gasteiger partial charge in [0.25, 0.3) is 5.56 Å². The van der Waals surface area contributed by atoms with Gasteiger partial charge in [-0.2, -0.15) is 5.26 Å². The Bertz CT molecular complexity index is 1150. The highest BCUT2D eigenvalue weighted by atomic mass is 16.1. The Kier molecular flexibility index (Phi) is 7.44. The first kappa shape index (κ1) is 22.5. The predicted octanol–water partition coefficient (Wildman–Crippen LogP) is 5.53. The fourth-order valence-electron chi connectivity index (χ4n) is 3.87. The zero-order chi connectivity index (χ0) is 22.4. The van der Waals surface area contributed by atoms with Gasteiger partial charge in [-0.15, -0.1) is 0 Å². The number of hydrogen-bond donors (Lipinski definition) is 1. The van der Waals surface area contributed by atoms with Crippen molar-refractivity contribution in [1.29, 1.82) is 5.26 Å². The van der Waals surface area contributed by atoms with E-state index in [1.165, 1.54) is 0 Å². The first-order chi connectivity index (χ1) is 15.0. The number of rotatable bonds is 8. The van der Waals surface area contributed by atoms with Crippen molar-refractivity contribution >= 4 is 0 Å². The molecule has 1 N–H and O–H groups in total. The maximum Gasteiger partial charge on any atom is 0.260 e. The minimum atomic E-state index is 0.0149. The molecule has 1 heterocycles. The summed E-state index contributed by atoms with van der Waals surface area (Å²) in [5, 5.41) is 13.0. The Hall–Kier alpha value is -3.16. The Labute approximate surface area is 185 Å². The molecule has 0 spiro atoms. The highest BCUT2D eigenvalue weighted by Crippen LogP contribution is 2.30. The van der Waals surface area contributed by atoms with Crippen LogP contribution in [-0.2, 0) is 13.0 Å². The van der Waals surface area contributed by atoms with Gasteiger partial charge >= 0.3 is 0 Å². The number of para-hydroxylation sites is 1. The molecule has 3 aromatic rings. The van der Waals surface area contributed by atoms with E-state index < -0.39 is 0 Å². The summed E-state index contributed by atoms with van der Waals surface area (Å²) in [6.45, 7) is 8.88. The molecule has 0 saturated carbocycles. The van der Waals surface area contributed by atoms with Gasteiger partial charge < -0.3 is 5.32 Å². The largest absolute Gasteiger partial charge is 0.310 e. The minimum Gasteiger partial charge on any atom is -0.310 e. The van der Waals surface area contributed by atoms with E-state index in [0.717, 1.165) is 52.9 Å². The Balaban J connectivity index is 2.28. The average Bonchev–Trinajstić information content (AvgIpc) is 2.77. The zero-order valence-electron chi connectivity index (χ0n) is 18.9. The van der Waals surface area contributed by atoms with Crippen molar-refractivity contribution in [2.45, 2.75) is 59.5 Å². The monoisotopic (exact) mass is 413 g/mol. The number of benzene rings is 2. The van der Waals surface area contributed by atoms with Crippen molar-refractivity contribution in [1.82, 2.24) is 9.88 Å². The Morgan fingerprint density at radius 3 is 2.42 bits per heavy atom. The maximum atomic E-state index is 13.8. The third-order valence-corrected chi connectivity index (χ3v) is 5.56. The van der Waals surface area contributed by atoms with E-state index in [2.05, 4.69) is 38.2 Å². The number of nitrogens with one attached hydrogen (secondary N) is 1. The molecule has 0 bridgehead atoms. The molecule has 3 rings (SSSR count). The first-order valence-electron chi connectivity index (χ1n) is 11.0. The third kappa shape index (κ3) is 4.95. The summed E-state index contributed by atoms with van der Waals surface area (Å²) >= 11 is 0. The van der Waals surface area contributed by atoms with Crippen molar-refractivity contribution in [2.75, 3.05) is 0 Å². The van der Waals surface area contributed by atoms with Gasteiger partial charge in [0.2, 0.25) is 0 Å². The molecule has 0 fully saturated rings. The van der Waals surface area contributed by atoms with Gasteiger partial charge in [-0.1, -0.05) is 63.6 Å². The van der Waals surface area contributed by atoms with E-state index >= 15 is 0 Å². The Morgan fingerprint density at radius 2 is 1.74 bits per heavy atom. The van der Waals surface area contributed by atoms with Gasteiger partial charge in [-0.3, -0.25) is 9.36 Å². The molecule has 4 nitrogen and oxygen atoms in total. The molecule has 160 valence electrons. The molecule has 0 unspecified atom stereocenters. The van der Waals surface area contributed by atoms with Crippen LogP contribution in [0.15, 0.2) is 59.4 Å². The molecule has 0 saturated heterocycles. The van der Waals surface area contributed by atoms with E-state index in [-0.39, 0.29) is 5.56 Å². The summed E-state index contributed by atoms with van der Waals surface area (Å²) in [4.78, 5) is 13.8. The molecule has 0 aliphatic carbocycles. The molecule has 0 amide bonds. The van der Waals surface area contributed by atoms with Gasteiger partial charge in [-0.25, -0.2) is 0 Å². The highest BCUT2D eigenvalue weighted by Gasteiger charge is 2.18. The maximum absolute atomic E-state index is 13.8. The molecule has 31 heavy (non-hydrogen) atoms. The number of aryl methyl sites for hydroxylation is 2. The second-order valence-electron chi connectivity index (χ2n) is 8.25. The second-order valence-corrected chi connectivity index (χ2v) is 8.25. The number of hydrogen-bond acceptors (Lipinski definition) is 3. The highest BCUT2D eigenvalue weighted by molar-refractivity contribution is 5.77. The van der Waals surface area contributed by atoms with Crippen molar-refractivity contribution in [3.05, 3.63) is 87.3 Å². The number of nitriles is 1. The summed E-state index contributed by atoms with van der Waals surface area (Å²) in [5.41, 5.74) is 6.01. The van der Waals surface area contributed by atoms with Gasteiger partial charge in [-0.05, 0) is 43.5 Å². The van der Waals surface area contributed by atoms with E-state index in [1.807, 2.05) is 60.0 Å². The fourth-order valence-corrected chi connectivity index (χ4v) is 3.87. The van der Waals surface area contributed by atoms with Crippen molar-refractivity contribution in [3.63, 3.8) is 0 Å². The van der Waals surface area contributed by atoms with Crippen LogP contribution in [0.5, 0.6) is 0 Å². The van der Waals surface area contributed by atoms with Crippen LogP contribution in [0.1, 0.15) is 56.0 Å². The molecular formula is C27H31N3O. The topological polar surface area (TPSA) is 57.8 Å². The predicted molar refractivity (Wildman–Crippen MR) is 128 cm³/mol. The number of aromatic nitrogens is 1. The van der Waals surface area contributed by atoms with E-state index in [0.29, 0.717) is 18.2 Å². The van der Waals surface area contributed by atoms with E-state index in [1.54, 1.807) is 0 Å². The molecular weight excluding hydrogens is 382 g/mol. The van der Waals surface area contributed by atoms with Crippen molar-refractivity contribution < 1.29 is 0 Å². The number of nitrogens with zero attached hydrogens (tertiary/aromatic N) is 2. The van der Waals surface area contributed by atoms with E-state index in [4.69, 9.17) is 0 Å². The Morgan fingerprint density at radius 1 is 1.06 bits per heavy atom. The minimum absolute atomic E-state index is 0.0149. The quantitative estimate of drug-likeness (QED) is 0.528. The first-order valence-corrected chi connectivity index (χ1v) is 11.0. The van der Waals surface area contributed by atoms with Crippen LogP contribution in [0.2, 0.25) is 0 Å². The molecule has 0 aliphatic rings. The van der Waals surface area contributed by atoms with Gasteiger partial charge in [0.05, 0.1) is 17.3 Å². The smallest absolute Gasteiger partial charge is 0.260 e. The molecule has 4 heteroatoms. The van der Waals surface area contributed by atoms with Crippen LogP contribution in [0.4, 0.5) is 0 Å².